The van der Waals surface area contributed by atoms with Gasteiger partial charge in [0.15, 0.2) is 6.61 Å². The number of rotatable bonds is 5. The van der Waals surface area contributed by atoms with Crippen molar-refractivity contribution in [1.29, 1.82) is 0 Å². The molecule has 2 amide bonds. The lowest BCUT2D eigenvalue weighted by molar-refractivity contribution is -0.123. The lowest BCUT2D eigenvalue weighted by atomic mass is 10.1. The molecule has 0 saturated heterocycles. The molecule has 5 nitrogen and oxygen atoms in total. The summed E-state index contributed by atoms with van der Waals surface area (Å²) in [4.78, 5) is 23.6. The van der Waals surface area contributed by atoms with E-state index in [1.807, 2.05) is 43.3 Å². The molecule has 0 unspecified atom stereocenters. The van der Waals surface area contributed by atoms with E-state index < -0.39 is 5.91 Å². The second kappa shape index (κ2) is 8.52. The standard InChI is InChI=1S/C17H17IN2O3/c1-2-12-5-3-4-6-15(12)23-11-16(21)19-20-17(22)13-7-9-14(18)10-8-13/h3-10H,2,11H2,1H3,(H,19,21)(H,20,22). The van der Waals surface area contributed by atoms with Crippen molar-refractivity contribution in [2.24, 2.45) is 0 Å². The van der Waals surface area contributed by atoms with Crippen LogP contribution in [-0.4, -0.2) is 18.4 Å². The van der Waals surface area contributed by atoms with Gasteiger partial charge in [-0.3, -0.25) is 20.4 Å². The van der Waals surface area contributed by atoms with Crippen LogP contribution in [0.4, 0.5) is 0 Å². The van der Waals surface area contributed by atoms with Crippen molar-refractivity contribution >= 4 is 34.4 Å². The zero-order chi connectivity index (χ0) is 16.7. The van der Waals surface area contributed by atoms with Gasteiger partial charge in [-0.25, -0.2) is 0 Å². The summed E-state index contributed by atoms with van der Waals surface area (Å²) >= 11 is 2.16. The summed E-state index contributed by atoms with van der Waals surface area (Å²) in [5.41, 5.74) is 6.21. The van der Waals surface area contributed by atoms with Crippen LogP contribution < -0.4 is 15.6 Å². The Balaban J connectivity index is 1.81. The average molecular weight is 424 g/mol. The normalized spacial score (nSPS) is 10.0. The maximum atomic E-state index is 11.9. The molecule has 23 heavy (non-hydrogen) atoms. The lowest BCUT2D eigenvalue weighted by Gasteiger charge is -2.11. The summed E-state index contributed by atoms with van der Waals surface area (Å²) < 4.78 is 6.51. The molecule has 0 aliphatic heterocycles. The van der Waals surface area contributed by atoms with Crippen LogP contribution in [0.3, 0.4) is 0 Å². The number of benzene rings is 2. The van der Waals surface area contributed by atoms with Crippen LogP contribution in [-0.2, 0) is 11.2 Å². The zero-order valence-electron chi connectivity index (χ0n) is 12.6. The molecule has 0 spiro atoms. The highest BCUT2D eigenvalue weighted by molar-refractivity contribution is 14.1. The summed E-state index contributed by atoms with van der Waals surface area (Å²) in [5.74, 6) is -0.118. The SMILES string of the molecule is CCc1ccccc1OCC(=O)NNC(=O)c1ccc(I)cc1. The first-order valence-corrected chi connectivity index (χ1v) is 8.23. The largest absolute Gasteiger partial charge is 0.483 e. The van der Waals surface area contributed by atoms with E-state index >= 15 is 0 Å². The molecule has 0 bridgehead atoms. The van der Waals surface area contributed by atoms with Crippen LogP contribution in [0.1, 0.15) is 22.8 Å². The maximum Gasteiger partial charge on any atom is 0.276 e. The first-order valence-electron chi connectivity index (χ1n) is 7.15. The number of carbonyl (C=O) groups is 2. The highest BCUT2D eigenvalue weighted by atomic mass is 127. The van der Waals surface area contributed by atoms with Gasteiger partial charge >= 0.3 is 0 Å². The molecule has 0 saturated carbocycles. The van der Waals surface area contributed by atoms with E-state index in [4.69, 9.17) is 4.74 Å². The van der Waals surface area contributed by atoms with Crippen LogP contribution in [0.5, 0.6) is 5.75 Å². The van der Waals surface area contributed by atoms with Gasteiger partial charge in [-0.05, 0) is 64.9 Å². The predicted octanol–water partition coefficient (Wildman–Crippen LogP) is 2.69. The van der Waals surface area contributed by atoms with Crippen LogP contribution in [0, 0.1) is 3.57 Å². The fourth-order valence-corrected chi connectivity index (χ4v) is 2.28. The molecule has 2 aromatic rings. The van der Waals surface area contributed by atoms with Crippen molar-refractivity contribution in [3.8, 4) is 5.75 Å². The van der Waals surface area contributed by atoms with Gasteiger partial charge in [0, 0.05) is 9.13 Å². The molecule has 0 aromatic heterocycles. The Bertz CT molecular complexity index is 686. The molecule has 6 heteroatoms. The van der Waals surface area contributed by atoms with E-state index in [-0.39, 0.29) is 12.5 Å². The van der Waals surface area contributed by atoms with Gasteiger partial charge in [0.25, 0.3) is 11.8 Å². The topological polar surface area (TPSA) is 67.4 Å². The van der Waals surface area contributed by atoms with Gasteiger partial charge in [0.1, 0.15) is 5.75 Å². The Morgan fingerprint density at radius 2 is 1.74 bits per heavy atom. The number of amides is 2. The zero-order valence-corrected chi connectivity index (χ0v) is 14.8. The number of nitrogens with one attached hydrogen (secondary N) is 2. The minimum atomic E-state index is -0.422. The minimum Gasteiger partial charge on any atom is -0.483 e. The Morgan fingerprint density at radius 3 is 2.43 bits per heavy atom. The number of hydrazine groups is 1. The van der Waals surface area contributed by atoms with Crippen molar-refractivity contribution in [2.45, 2.75) is 13.3 Å². The van der Waals surface area contributed by atoms with E-state index in [0.29, 0.717) is 11.3 Å². The molecule has 120 valence electrons. The van der Waals surface area contributed by atoms with Gasteiger partial charge in [0.2, 0.25) is 0 Å². The summed E-state index contributed by atoms with van der Waals surface area (Å²) in [6.07, 6.45) is 0.821. The van der Waals surface area contributed by atoms with Crippen LogP contribution >= 0.6 is 22.6 Å². The van der Waals surface area contributed by atoms with Gasteiger partial charge in [-0.1, -0.05) is 25.1 Å². The second-order valence-electron chi connectivity index (χ2n) is 4.76. The van der Waals surface area contributed by atoms with Crippen molar-refractivity contribution < 1.29 is 14.3 Å². The van der Waals surface area contributed by atoms with Crippen LogP contribution in [0.2, 0.25) is 0 Å². The molecule has 2 aromatic carbocycles. The van der Waals surface area contributed by atoms with Gasteiger partial charge in [-0.15, -0.1) is 0 Å². The Kier molecular flexibility index (Phi) is 6.40. The quantitative estimate of drug-likeness (QED) is 0.573. The number of hydrogen-bond acceptors (Lipinski definition) is 3. The third-order valence-corrected chi connectivity index (χ3v) is 3.85. The molecule has 2 rings (SSSR count). The second-order valence-corrected chi connectivity index (χ2v) is 6.00. The minimum absolute atomic E-state index is 0.163. The molecule has 0 fully saturated rings. The summed E-state index contributed by atoms with van der Waals surface area (Å²) in [7, 11) is 0. The summed E-state index contributed by atoms with van der Waals surface area (Å²) in [6.45, 7) is 1.85. The third kappa shape index (κ3) is 5.24. The monoisotopic (exact) mass is 424 g/mol. The van der Waals surface area contributed by atoms with Crippen LogP contribution in [0.15, 0.2) is 48.5 Å². The fourth-order valence-electron chi connectivity index (χ4n) is 1.92. The van der Waals surface area contributed by atoms with E-state index in [9.17, 15) is 9.59 Å². The van der Waals surface area contributed by atoms with Crippen LogP contribution in [0.25, 0.3) is 0 Å². The molecule has 0 radical (unpaired) electrons. The van der Waals surface area contributed by atoms with Gasteiger partial charge in [0.05, 0.1) is 0 Å². The average Bonchev–Trinajstić information content (AvgIpc) is 2.58. The Labute approximate surface area is 148 Å². The summed E-state index contributed by atoms with van der Waals surface area (Å²) in [5, 5.41) is 0. The molecule has 2 N–H and O–H groups in total. The van der Waals surface area contributed by atoms with Gasteiger partial charge in [-0.2, -0.15) is 0 Å². The van der Waals surface area contributed by atoms with Crippen molar-refractivity contribution in [2.75, 3.05) is 6.61 Å². The molecular weight excluding hydrogens is 407 g/mol. The molecular formula is C17H17IN2O3. The highest BCUT2D eigenvalue weighted by Crippen LogP contribution is 2.17. The van der Waals surface area contributed by atoms with E-state index in [2.05, 4.69) is 33.4 Å². The molecule has 0 atom stereocenters. The number of halogens is 1. The molecule has 0 heterocycles. The maximum absolute atomic E-state index is 11.9. The molecule has 0 aliphatic carbocycles. The third-order valence-electron chi connectivity index (χ3n) is 3.13. The fraction of sp³-hybridized carbons (Fsp3) is 0.176. The van der Waals surface area contributed by atoms with Gasteiger partial charge < -0.3 is 4.74 Å². The summed E-state index contributed by atoms with van der Waals surface area (Å²) in [6, 6.07) is 14.6. The number of para-hydroxylation sites is 1. The van der Waals surface area contributed by atoms with Crippen molar-refractivity contribution in [3.05, 3.63) is 63.2 Å². The number of hydrogen-bond donors (Lipinski definition) is 2. The lowest BCUT2D eigenvalue weighted by Crippen LogP contribution is -2.43. The van der Waals surface area contributed by atoms with E-state index in [1.165, 1.54) is 0 Å². The first kappa shape index (κ1) is 17.3. The van der Waals surface area contributed by atoms with E-state index in [1.54, 1.807) is 12.1 Å². The predicted molar refractivity (Wildman–Crippen MR) is 96.1 cm³/mol. The first-order chi connectivity index (χ1) is 11.1. The van der Waals surface area contributed by atoms with Crippen molar-refractivity contribution in [1.82, 2.24) is 10.9 Å². The Morgan fingerprint density at radius 1 is 1.04 bits per heavy atom. The number of ether oxygens (including phenoxy) is 1. The van der Waals surface area contributed by atoms with E-state index in [0.717, 1.165) is 15.6 Å². The highest BCUT2D eigenvalue weighted by Gasteiger charge is 2.08. The Hall–Kier alpha value is -2.09. The molecule has 0 aliphatic rings. The number of carbonyl (C=O) groups excluding carboxylic acids is 2. The number of aryl methyl sites for hydroxylation is 1. The van der Waals surface area contributed by atoms with Crippen molar-refractivity contribution in [3.63, 3.8) is 0 Å². The smallest absolute Gasteiger partial charge is 0.276 e.